The number of aromatic nitrogens is 2. The summed E-state index contributed by atoms with van der Waals surface area (Å²) in [6, 6.07) is 3.25. The topological polar surface area (TPSA) is 62.8 Å². The molecule has 0 atom stereocenters. The average Bonchev–Trinajstić information content (AvgIpc) is 2.30. The van der Waals surface area contributed by atoms with E-state index in [1.807, 2.05) is 6.92 Å². The molecule has 0 aliphatic heterocycles. The standard InChI is InChI=1S/C11H9ClN2O2/c1-2-7-11(16)14-10-8(13-7)4-3-6(5-15)9(10)12/h3-5H,2H2,1H3,(H,14,16). The first-order valence-corrected chi connectivity index (χ1v) is 5.21. The first-order valence-electron chi connectivity index (χ1n) is 4.84. The number of nitrogens with zero attached hydrogens (tertiary/aromatic N) is 1. The van der Waals surface area contributed by atoms with Gasteiger partial charge in [-0.25, -0.2) is 4.98 Å². The fourth-order valence-corrected chi connectivity index (χ4v) is 1.76. The van der Waals surface area contributed by atoms with Crippen molar-refractivity contribution in [2.24, 2.45) is 0 Å². The Labute approximate surface area is 96.3 Å². The van der Waals surface area contributed by atoms with Crippen molar-refractivity contribution >= 4 is 28.9 Å². The van der Waals surface area contributed by atoms with E-state index in [1.165, 1.54) is 0 Å². The maximum atomic E-state index is 11.6. The second-order valence-electron chi connectivity index (χ2n) is 3.35. The quantitative estimate of drug-likeness (QED) is 0.811. The summed E-state index contributed by atoms with van der Waals surface area (Å²) >= 11 is 5.97. The van der Waals surface area contributed by atoms with Crippen molar-refractivity contribution in [3.63, 3.8) is 0 Å². The highest BCUT2D eigenvalue weighted by Gasteiger charge is 2.09. The number of aldehydes is 1. The summed E-state index contributed by atoms with van der Waals surface area (Å²) in [4.78, 5) is 29.1. The lowest BCUT2D eigenvalue weighted by molar-refractivity contribution is 0.112. The van der Waals surface area contributed by atoms with Crippen LogP contribution < -0.4 is 5.56 Å². The molecule has 2 aromatic rings. The number of carbonyl (C=O) groups excluding carboxylic acids is 1. The fraction of sp³-hybridized carbons (Fsp3) is 0.182. The van der Waals surface area contributed by atoms with E-state index >= 15 is 0 Å². The minimum Gasteiger partial charge on any atom is -0.318 e. The second-order valence-corrected chi connectivity index (χ2v) is 3.72. The predicted molar refractivity (Wildman–Crippen MR) is 62.1 cm³/mol. The number of benzene rings is 1. The number of H-pyrrole nitrogens is 1. The van der Waals surface area contributed by atoms with E-state index < -0.39 is 0 Å². The first-order chi connectivity index (χ1) is 7.67. The van der Waals surface area contributed by atoms with Gasteiger partial charge in [0.05, 0.1) is 16.1 Å². The van der Waals surface area contributed by atoms with Crippen LogP contribution in [0, 0.1) is 0 Å². The largest absolute Gasteiger partial charge is 0.318 e. The van der Waals surface area contributed by atoms with Crippen molar-refractivity contribution in [1.82, 2.24) is 9.97 Å². The van der Waals surface area contributed by atoms with Gasteiger partial charge in [0.1, 0.15) is 5.69 Å². The van der Waals surface area contributed by atoms with Gasteiger partial charge in [-0.15, -0.1) is 0 Å². The number of hydrogen-bond donors (Lipinski definition) is 1. The molecule has 82 valence electrons. The van der Waals surface area contributed by atoms with Gasteiger partial charge < -0.3 is 4.98 Å². The maximum Gasteiger partial charge on any atom is 0.270 e. The van der Waals surface area contributed by atoms with Gasteiger partial charge in [-0.2, -0.15) is 0 Å². The van der Waals surface area contributed by atoms with Crippen LogP contribution in [-0.2, 0) is 6.42 Å². The molecule has 0 aliphatic rings. The molecule has 0 unspecified atom stereocenters. The van der Waals surface area contributed by atoms with Crippen molar-refractivity contribution in [1.29, 1.82) is 0 Å². The van der Waals surface area contributed by atoms with Crippen molar-refractivity contribution in [3.8, 4) is 0 Å². The summed E-state index contributed by atoms with van der Waals surface area (Å²) in [6.07, 6.45) is 1.20. The Kier molecular flexibility index (Phi) is 2.75. The molecule has 2 rings (SSSR count). The van der Waals surface area contributed by atoms with Crippen LogP contribution in [0.2, 0.25) is 5.02 Å². The molecule has 1 heterocycles. The molecule has 4 nitrogen and oxygen atoms in total. The molecule has 0 bridgehead atoms. The summed E-state index contributed by atoms with van der Waals surface area (Å²) in [5.74, 6) is 0. The molecule has 16 heavy (non-hydrogen) atoms. The van der Waals surface area contributed by atoms with Crippen LogP contribution in [0.15, 0.2) is 16.9 Å². The Morgan fingerprint density at radius 3 is 2.88 bits per heavy atom. The van der Waals surface area contributed by atoms with Gasteiger partial charge in [0.25, 0.3) is 5.56 Å². The number of hydrogen-bond acceptors (Lipinski definition) is 3. The molecule has 0 amide bonds. The minimum absolute atomic E-state index is 0.236. The predicted octanol–water partition coefficient (Wildman–Crippen LogP) is 1.95. The molecule has 1 aromatic carbocycles. The normalized spacial score (nSPS) is 10.6. The number of nitrogens with one attached hydrogen (secondary N) is 1. The number of fused-ring (bicyclic) bond motifs is 1. The molecule has 0 saturated heterocycles. The van der Waals surface area contributed by atoms with Gasteiger partial charge in [-0.1, -0.05) is 18.5 Å². The van der Waals surface area contributed by atoms with Crippen LogP contribution in [-0.4, -0.2) is 16.3 Å². The van der Waals surface area contributed by atoms with Gasteiger partial charge in [-0.05, 0) is 18.6 Å². The Morgan fingerprint density at radius 2 is 2.25 bits per heavy atom. The van der Waals surface area contributed by atoms with E-state index in [0.717, 1.165) is 0 Å². The third-order valence-corrected chi connectivity index (χ3v) is 2.77. The summed E-state index contributed by atoms with van der Waals surface area (Å²) in [5.41, 5.74) is 1.54. The lowest BCUT2D eigenvalue weighted by atomic mass is 10.2. The zero-order valence-electron chi connectivity index (χ0n) is 8.58. The van der Waals surface area contributed by atoms with Crippen molar-refractivity contribution < 1.29 is 4.79 Å². The number of rotatable bonds is 2. The van der Waals surface area contributed by atoms with Crippen molar-refractivity contribution in [3.05, 3.63) is 38.8 Å². The Balaban J connectivity index is 2.86. The van der Waals surface area contributed by atoms with E-state index in [1.54, 1.807) is 12.1 Å². The van der Waals surface area contributed by atoms with E-state index in [9.17, 15) is 9.59 Å². The summed E-state index contributed by atoms with van der Waals surface area (Å²) < 4.78 is 0. The summed E-state index contributed by atoms with van der Waals surface area (Å²) in [5, 5.41) is 0.236. The lowest BCUT2D eigenvalue weighted by Crippen LogP contribution is -2.14. The van der Waals surface area contributed by atoms with E-state index in [4.69, 9.17) is 11.6 Å². The molecule has 0 radical (unpaired) electrons. The first kappa shape index (κ1) is 10.8. The molecule has 5 heteroatoms. The third-order valence-electron chi connectivity index (χ3n) is 2.37. The number of aryl methyl sites for hydroxylation is 1. The van der Waals surface area contributed by atoms with E-state index in [2.05, 4.69) is 9.97 Å². The number of aromatic amines is 1. The molecule has 1 N–H and O–H groups in total. The minimum atomic E-state index is -0.264. The van der Waals surface area contributed by atoms with Gasteiger partial charge in [0.2, 0.25) is 0 Å². The van der Waals surface area contributed by atoms with E-state index in [-0.39, 0.29) is 10.6 Å². The summed E-state index contributed by atoms with van der Waals surface area (Å²) in [6.45, 7) is 1.85. The zero-order chi connectivity index (χ0) is 11.7. The number of carbonyl (C=O) groups is 1. The molecular formula is C11H9ClN2O2. The fourth-order valence-electron chi connectivity index (χ4n) is 1.51. The van der Waals surface area contributed by atoms with E-state index in [0.29, 0.717) is 35.0 Å². The van der Waals surface area contributed by atoms with Gasteiger partial charge in [-0.3, -0.25) is 9.59 Å². The van der Waals surface area contributed by atoms with Gasteiger partial charge in [0.15, 0.2) is 6.29 Å². The zero-order valence-corrected chi connectivity index (χ0v) is 9.34. The Bertz CT molecular complexity index is 619. The highest BCUT2D eigenvalue weighted by Crippen LogP contribution is 2.22. The van der Waals surface area contributed by atoms with Crippen LogP contribution in [0.5, 0.6) is 0 Å². The Hall–Kier alpha value is -1.68. The SMILES string of the molecule is CCc1nc2ccc(C=O)c(Cl)c2[nH]c1=O. The highest BCUT2D eigenvalue weighted by molar-refractivity contribution is 6.37. The van der Waals surface area contributed by atoms with Crippen LogP contribution in [0.3, 0.4) is 0 Å². The molecule has 0 fully saturated rings. The van der Waals surface area contributed by atoms with Crippen molar-refractivity contribution in [2.75, 3.05) is 0 Å². The molecular weight excluding hydrogens is 228 g/mol. The monoisotopic (exact) mass is 236 g/mol. The third kappa shape index (κ3) is 1.61. The highest BCUT2D eigenvalue weighted by atomic mass is 35.5. The van der Waals surface area contributed by atoms with Crippen LogP contribution >= 0.6 is 11.6 Å². The maximum absolute atomic E-state index is 11.6. The molecule has 1 aromatic heterocycles. The number of halogens is 1. The van der Waals surface area contributed by atoms with Gasteiger partial charge >= 0.3 is 0 Å². The second kappa shape index (κ2) is 4.06. The van der Waals surface area contributed by atoms with Crippen LogP contribution in [0.4, 0.5) is 0 Å². The Morgan fingerprint density at radius 1 is 1.50 bits per heavy atom. The van der Waals surface area contributed by atoms with Gasteiger partial charge in [0, 0.05) is 5.56 Å². The molecule has 0 aliphatic carbocycles. The lowest BCUT2D eigenvalue weighted by Gasteiger charge is -2.03. The summed E-state index contributed by atoms with van der Waals surface area (Å²) in [7, 11) is 0. The molecule has 0 spiro atoms. The molecule has 0 saturated carbocycles. The average molecular weight is 237 g/mol. The van der Waals surface area contributed by atoms with Crippen LogP contribution in [0.1, 0.15) is 23.0 Å². The van der Waals surface area contributed by atoms with Crippen molar-refractivity contribution in [2.45, 2.75) is 13.3 Å². The smallest absolute Gasteiger partial charge is 0.270 e. The van der Waals surface area contributed by atoms with Crippen LogP contribution in [0.25, 0.3) is 11.0 Å².